The molecule has 214 valence electrons. The van der Waals surface area contributed by atoms with Crippen LogP contribution in [0.5, 0.6) is 0 Å². The number of rotatable bonds is 17. The van der Waals surface area contributed by atoms with Gasteiger partial charge in [0, 0.05) is 18.8 Å². The summed E-state index contributed by atoms with van der Waals surface area (Å²) in [6.45, 7) is 6.82. The lowest BCUT2D eigenvalue weighted by Crippen LogP contribution is -2.44. The van der Waals surface area contributed by atoms with E-state index in [4.69, 9.17) is 24.1 Å². The predicted octanol–water partition coefficient (Wildman–Crippen LogP) is 5.62. The molecule has 1 aromatic carbocycles. The molecule has 2 saturated heterocycles. The molecule has 0 saturated carbocycles. The van der Waals surface area contributed by atoms with Crippen molar-refractivity contribution in [1.82, 2.24) is 5.32 Å². The van der Waals surface area contributed by atoms with E-state index in [0.717, 1.165) is 12.8 Å². The SMILES string of the molecule is CCCCCCCCCCCCO[C@@H]1[C@H]2OC(C)(C)O[C@H]2O[C@@H]1CNC(=O)Nc1ccc(CC(=O)O)cc1. The summed E-state index contributed by atoms with van der Waals surface area (Å²) < 4.78 is 24.3. The zero-order chi connectivity index (χ0) is 27.4. The molecule has 3 rings (SSSR count). The van der Waals surface area contributed by atoms with Crippen LogP contribution >= 0.6 is 0 Å². The number of urea groups is 1. The van der Waals surface area contributed by atoms with Crippen LogP contribution in [-0.4, -0.2) is 60.6 Å². The number of ether oxygens (including phenoxy) is 4. The molecule has 9 heteroatoms. The summed E-state index contributed by atoms with van der Waals surface area (Å²) in [5.41, 5.74) is 1.24. The first kappa shape index (κ1) is 30.3. The van der Waals surface area contributed by atoms with Crippen LogP contribution in [0.25, 0.3) is 0 Å². The van der Waals surface area contributed by atoms with Crippen LogP contribution in [0.3, 0.4) is 0 Å². The van der Waals surface area contributed by atoms with Gasteiger partial charge in [0.15, 0.2) is 12.1 Å². The van der Waals surface area contributed by atoms with Crippen molar-refractivity contribution in [3.63, 3.8) is 0 Å². The fourth-order valence-electron chi connectivity index (χ4n) is 4.97. The number of benzene rings is 1. The Kier molecular flexibility index (Phi) is 12.3. The van der Waals surface area contributed by atoms with Gasteiger partial charge in [0.05, 0.1) is 6.42 Å². The zero-order valence-corrected chi connectivity index (χ0v) is 23.2. The number of aliphatic carboxylic acids is 1. The van der Waals surface area contributed by atoms with Gasteiger partial charge in [0.1, 0.15) is 18.3 Å². The van der Waals surface area contributed by atoms with Crippen LogP contribution in [-0.2, 0) is 30.2 Å². The maximum absolute atomic E-state index is 12.5. The molecule has 2 amide bonds. The van der Waals surface area contributed by atoms with Gasteiger partial charge in [-0.15, -0.1) is 0 Å². The summed E-state index contributed by atoms with van der Waals surface area (Å²) in [5, 5.41) is 14.5. The van der Waals surface area contributed by atoms with Gasteiger partial charge in [-0.3, -0.25) is 4.79 Å². The second kappa shape index (κ2) is 15.4. The maximum atomic E-state index is 12.5. The van der Waals surface area contributed by atoms with Gasteiger partial charge in [-0.2, -0.15) is 0 Å². The molecule has 9 nitrogen and oxygen atoms in total. The highest BCUT2D eigenvalue weighted by atomic mass is 16.8. The second-order valence-electron chi connectivity index (χ2n) is 10.8. The Morgan fingerprint density at radius 2 is 1.58 bits per heavy atom. The first-order chi connectivity index (χ1) is 18.3. The Balaban J connectivity index is 1.39. The van der Waals surface area contributed by atoms with Gasteiger partial charge in [0.25, 0.3) is 0 Å². The quantitative estimate of drug-likeness (QED) is 0.222. The average molecular weight is 535 g/mol. The summed E-state index contributed by atoms with van der Waals surface area (Å²) in [4.78, 5) is 23.3. The summed E-state index contributed by atoms with van der Waals surface area (Å²) in [5.74, 6) is -1.64. The first-order valence-corrected chi connectivity index (χ1v) is 14.3. The monoisotopic (exact) mass is 534 g/mol. The third-order valence-electron chi connectivity index (χ3n) is 6.93. The number of fused-ring (bicyclic) bond motifs is 1. The van der Waals surface area contributed by atoms with E-state index in [1.807, 2.05) is 13.8 Å². The molecule has 0 unspecified atom stereocenters. The summed E-state index contributed by atoms with van der Waals surface area (Å²) in [6.07, 6.45) is 10.9. The molecule has 0 spiro atoms. The molecular formula is C29H46N2O7. The number of carboxylic acids is 1. The van der Waals surface area contributed by atoms with Gasteiger partial charge < -0.3 is 34.7 Å². The van der Waals surface area contributed by atoms with Gasteiger partial charge >= 0.3 is 12.0 Å². The number of nitrogens with one attached hydrogen (secondary N) is 2. The molecule has 38 heavy (non-hydrogen) atoms. The van der Waals surface area contributed by atoms with Crippen LogP contribution in [0.1, 0.15) is 90.5 Å². The second-order valence-corrected chi connectivity index (χ2v) is 10.8. The Morgan fingerprint density at radius 3 is 2.21 bits per heavy atom. The minimum atomic E-state index is -0.897. The summed E-state index contributed by atoms with van der Waals surface area (Å²) in [6, 6.07) is 6.33. The number of unbranched alkanes of at least 4 members (excludes halogenated alkanes) is 9. The first-order valence-electron chi connectivity index (χ1n) is 14.3. The Morgan fingerprint density at radius 1 is 0.947 bits per heavy atom. The molecule has 0 radical (unpaired) electrons. The third kappa shape index (κ3) is 10.2. The van der Waals surface area contributed by atoms with Gasteiger partial charge in [-0.25, -0.2) is 4.79 Å². The fraction of sp³-hybridized carbons (Fsp3) is 0.724. The topological polar surface area (TPSA) is 115 Å². The normalized spacial score (nSPS) is 23.8. The van der Waals surface area contributed by atoms with Crippen molar-refractivity contribution in [1.29, 1.82) is 0 Å². The van der Waals surface area contributed by atoms with Crippen molar-refractivity contribution in [3.05, 3.63) is 29.8 Å². The molecule has 0 aliphatic carbocycles. The molecule has 2 heterocycles. The van der Waals surface area contributed by atoms with Crippen molar-refractivity contribution >= 4 is 17.7 Å². The molecular weight excluding hydrogens is 488 g/mol. The molecule has 4 atom stereocenters. The Labute approximate surface area is 226 Å². The van der Waals surface area contributed by atoms with Crippen molar-refractivity contribution in [2.24, 2.45) is 0 Å². The van der Waals surface area contributed by atoms with Gasteiger partial charge in [0.2, 0.25) is 0 Å². The number of hydrogen-bond acceptors (Lipinski definition) is 6. The minimum Gasteiger partial charge on any atom is -0.481 e. The van der Waals surface area contributed by atoms with Crippen molar-refractivity contribution in [3.8, 4) is 0 Å². The number of carbonyl (C=O) groups excluding carboxylic acids is 1. The van der Waals surface area contributed by atoms with Crippen molar-refractivity contribution in [2.45, 2.75) is 122 Å². The Bertz CT molecular complexity index is 861. The lowest BCUT2D eigenvalue weighted by atomic mass is 10.1. The smallest absolute Gasteiger partial charge is 0.319 e. The number of carbonyl (C=O) groups is 2. The lowest BCUT2D eigenvalue weighted by molar-refractivity contribution is -0.217. The molecule has 3 N–H and O–H groups in total. The summed E-state index contributed by atoms with van der Waals surface area (Å²) >= 11 is 0. The fourth-order valence-corrected chi connectivity index (χ4v) is 4.97. The molecule has 0 aromatic heterocycles. The molecule has 1 aromatic rings. The van der Waals surface area contributed by atoms with E-state index in [2.05, 4.69) is 17.6 Å². The largest absolute Gasteiger partial charge is 0.481 e. The third-order valence-corrected chi connectivity index (χ3v) is 6.93. The van der Waals surface area contributed by atoms with E-state index in [9.17, 15) is 9.59 Å². The Hall–Kier alpha value is -2.20. The van der Waals surface area contributed by atoms with Crippen LogP contribution in [0, 0.1) is 0 Å². The minimum absolute atomic E-state index is 0.0602. The van der Waals surface area contributed by atoms with Gasteiger partial charge in [-0.05, 0) is 38.0 Å². The van der Waals surface area contributed by atoms with Crippen LogP contribution in [0.2, 0.25) is 0 Å². The van der Waals surface area contributed by atoms with Crippen LogP contribution < -0.4 is 10.6 Å². The summed E-state index contributed by atoms with van der Waals surface area (Å²) in [7, 11) is 0. The van der Waals surface area contributed by atoms with E-state index < -0.39 is 24.2 Å². The van der Waals surface area contributed by atoms with E-state index >= 15 is 0 Å². The lowest BCUT2D eigenvalue weighted by Gasteiger charge is -2.26. The van der Waals surface area contributed by atoms with E-state index in [0.29, 0.717) is 17.9 Å². The van der Waals surface area contributed by atoms with E-state index in [1.165, 1.54) is 51.4 Å². The van der Waals surface area contributed by atoms with Crippen molar-refractivity contribution in [2.75, 3.05) is 18.5 Å². The standard InChI is InChI=1S/C29H46N2O7/c1-4-5-6-7-8-9-10-11-12-13-18-35-25-23(36-27-26(25)37-29(2,3)38-27)20-30-28(34)31-22-16-14-21(15-17-22)19-24(32)33/h14-17,23,25-27H,4-13,18-20H2,1-3H3,(H,32,33)(H2,30,31,34)/t23-,25+,26-,27-/m1/s1. The van der Waals surface area contributed by atoms with Crippen molar-refractivity contribution < 1.29 is 33.6 Å². The highest BCUT2D eigenvalue weighted by molar-refractivity contribution is 5.89. The molecule has 2 aliphatic rings. The average Bonchev–Trinajstić information content (AvgIpc) is 3.33. The van der Waals surface area contributed by atoms with E-state index in [-0.39, 0.29) is 31.2 Å². The van der Waals surface area contributed by atoms with Gasteiger partial charge in [-0.1, -0.05) is 76.8 Å². The molecule has 2 aliphatic heterocycles. The highest BCUT2D eigenvalue weighted by Gasteiger charge is 2.55. The zero-order valence-electron chi connectivity index (χ0n) is 23.2. The maximum Gasteiger partial charge on any atom is 0.319 e. The van der Waals surface area contributed by atoms with E-state index in [1.54, 1.807) is 24.3 Å². The number of anilines is 1. The molecule has 2 fully saturated rings. The van der Waals surface area contributed by atoms with Crippen LogP contribution in [0.15, 0.2) is 24.3 Å². The number of amides is 2. The highest BCUT2D eigenvalue weighted by Crippen LogP contribution is 2.38. The number of carboxylic acid groups (broad SMARTS) is 1. The number of hydrogen-bond donors (Lipinski definition) is 3. The molecule has 0 bridgehead atoms. The predicted molar refractivity (Wildman–Crippen MR) is 145 cm³/mol. The van der Waals surface area contributed by atoms with Crippen LogP contribution in [0.4, 0.5) is 10.5 Å².